The molecule has 0 spiro atoms. The van der Waals surface area contributed by atoms with E-state index in [2.05, 4.69) is 153 Å². The van der Waals surface area contributed by atoms with Crippen LogP contribution >= 0.6 is 103 Å². The van der Waals surface area contributed by atoms with Gasteiger partial charge in [-0.15, -0.1) is 0 Å². The van der Waals surface area contributed by atoms with Crippen LogP contribution < -0.4 is 0 Å². The lowest BCUT2D eigenvalue weighted by Crippen LogP contribution is -2.03. The molecule has 0 atom stereocenters. The summed E-state index contributed by atoms with van der Waals surface area (Å²) in [4.78, 5) is 0. The van der Waals surface area contributed by atoms with Crippen LogP contribution in [0.1, 0.15) is 0 Å². The van der Waals surface area contributed by atoms with Gasteiger partial charge in [0.05, 0.1) is 0 Å². The minimum absolute atomic E-state index is 0.705. The summed E-state index contributed by atoms with van der Waals surface area (Å²) in [6.45, 7) is 0. The molecule has 210 valence electrons. The normalized spacial score (nSPS) is 12.3. The van der Waals surface area contributed by atoms with Crippen molar-refractivity contribution in [3.8, 4) is 34.1 Å². The zero-order valence-electron chi connectivity index (χ0n) is 21.5. The molecule has 0 saturated carbocycles. The van der Waals surface area contributed by atoms with Crippen molar-refractivity contribution in [1.82, 2.24) is 18.3 Å². The van der Waals surface area contributed by atoms with E-state index >= 15 is 0 Å². The number of halogens is 2. The van der Waals surface area contributed by atoms with Gasteiger partial charge in [0.1, 0.15) is 21.4 Å². The van der Waals surface area contributed by atoms with Gasteiger partial charge < -0.3 is 0 Å². The number of imidazole rings is 2. The molecule has 6 aromatic rings. The van der Waals surface area contributed by atoms with E-state index in [1.807, 2.05) is 24.3 Å². The number of rotatable bonds is 4. The highest BCUT2D eigenvalue weighted by atomic mass is 128. The molecule has 1 aliphatic rings. The number of nitrogens with zero attached hydrogens (tertiary/aromatic N) is 4. The van der Waals surface area contributed by atoms with Gasteiger partial charge in [0.15, 0.2) is 9.54 Å². The third-order valence-electron chi connectivity index (χ3n) is 6.56. The number of hydrogen-bond acceptors (Lipinski definition) is 6. The van der Waals surface area contributed by atoms with Crippen LogP contribution in [0.15, 0.2) is 131 Å². The van der Waals surface area contributed by atoms with E-state index in [9.17, 15) is 0 Å². The third-order valence-corrected chi connectivity index (χ3v) is 13.3. The van der Waals surface area contributed by atoms with E-state index in [4.69, 9.17) is 24.4 Å². The van der Waals surface area contributed by atoms with Gasteiger partial charge in [-0.1, -0.05) is 72.8 Å². The third kappa shape index (κ3) is 5.73. The predicted octanol–water partition coefficient (Wildman–Crippen LogP) is 12.2. The molecule has 12 heteroatoms. The Morgan fingerprint density at radius 2 is 0.667 bits per heavy atom. The van der Waals surface area contributed by atoms with Crippen LogP contribution in [0.4, 0.5) is 0 Å². The van der Waals surface area contributed by atoms with Crippen LogP contribution in [0.5, 0.6) is 0 Å². The van der Waals surface area contributed by atoms with E-state index < -0.39 is 0 Å². The van der Waals surface area contributed by atoms with Gasteiger partial charge in [0.2, 0.25) is 0 Å². The van der Waals surface area contributed by atoms with E-state index in [-0.39, 0.29) is 0 Å². The molecular formula is C30H20I2N4S6. The monoisotopic (exact) mass is 882 g/mol. The van der Waals surface area contributed by atoms with Gasteiger partial charge in [0, 0.05) is 60.0 Å². The second-order valence-electron chi connectivity index (χ2n) is 8.86. The molecule has 0 amide bonds. The molecular weight excluding hydrogens is 863 g/mol. The average Bonchev–Trinajstić information content (AvgIpc) is 3.49. The standard InChI is InChI=1S/C30H20N4S6.I2/c35-29-31(21-13-5-1-6-14-21)25-26-28(38-40-39-37-27(25)33(29)23-17-9-3-10-18-23)34(24-19-11-4-12-20-24)30(36)32(26)22-15-7-2-8-16-22;1-2/h1-20H;. The van der Waals surface area contributed by atoms with Crippen molar-refractivity contribution in [3.63, 3.8) is 0 Å². The first-order valence-electron chi connectivity index (χ1n) is 12.5. The number of aromatic nitrogens is 4. The summed E-state index contributed by atoms with van der Waals surface area (Å²) in [5.74, 6) is 0. The Morgan fingerprint density at radius 3 is 0.952 bits per heavy atom. The van der Waals surface area contributed by atoms with E-state index in [1.54, 1.807) is 41.2 Å². The van der Waals surface area contributed by atoms with E-state index in [0.717, 1.165) is 44.2 Å². The van der Waals surface area contributed by atoms with Crippen molar-refractivity contribution in [2.24, 2.45) is 0 Å². The fraction of sp³-hybridized carbons (Fsp3) is 0. The summed E-state index contributed by atoms with van der Waals surface area (Å²) in [7, 11) is 6.93. The second-order valence-corrected chi connectivity index (χ2v) is 15.2. The van der Waals surface area contributed by atoms with Gasteiger partial charge in [-0.2, -0.15) is 0 Å². The van der Waals surface area contributed by atoms with Crippen LogP contribution in [-0.2, 0) is 0 Å². The van der Waals surface area contributed by atoms with Gasteiger partial charge in [0.25, 0.3) is 0 Å². The molecule has 0 radical (unpaired) electrons. The summed E-state index contributed by atoms with van der Waals surface area (Å²) in [6.07, 6.45) is 0. The van der Waals surface area contributed by atoms with E-state index in [0.29, 0.717) is 9.54 Å². The Hall–Kier alpha value is -1.40. The van der Waals surface area contributed by atoms with Crippen LogP contribution in [0.3, 0.4) is 0 Å². The molecule has 0 N–H and O–H groups in total. The first kappa shape index (κ1) is 30.6. The van der Waals surface area contributed by atoms with Crippen LogP contribution in [0.2, 0.25) is 0 Å². The van der Waals surface area contributed by atoms with Crippen molar-refractivity contribution < 1.29 is 0 Å². The number of fused-ring (bicyclic) bond motifs is 3. The summed E-state index contributed by atoms with van der Waals surface area (Å²) >= 11 is 16.8. The minimum atomic E-state index is 0.705. The Bertz CT molecular complexity index is 1790. The van der Waals surface area contributed by atoms with Gasteiger partial charge in [-0.05, 0) is 114 Å². The van der Waals surface area contributed by atoms with Crippen molar-refractivity contribution in [3.05, 3.63) is 131 Å². The second kappa shape index (κ2) is 14.1. The Balaban J connectivity index is 0.00000155. The fourth-order valence-corrected chi connectivity index (χ4v) is 11.7. The summed E-state index contributed by atoms with van der Waals surface area (Å²) in [5, 5.41) is 2.12. The molecule has 7 rings (SSSR count). The SMILES string of the molecule is II.S=c1n(-c2ccccc2)c2c(n1-c1ccccc1)-c1c(n(-c3ccccc3)c(=S)n1-c1ccccc1)SSSS2. The molecule has 42 heavy (non-hydrogen) atoms. The lowest BCUT2D eigenvalue weighted by atomic mass is 10.2. The van der Waals surface area contributed by atoms with Crippen molar-refractivity contribution in [2.45, 2.75) is 10.1 Å². The lowest BCUT2D eigenvalue weighted by Gasteiger charge is -2.17. The lowest BCUT2D eigenvalue weighted by molar-refractivity contribution is 0.914. The molecule has 4 nitrogen and oxygen atoms in total. The first-order valence-corrected chi connectivity index (χ1v) is 24.5. The Morgan fingerprint density at radius 1 is 0.405 bits per heavy atom. The summed E-state index contributed by atoms with van der Waals surface area (Å²) < 4.78 is 10.2. The van der Waals surface area contributed by atoms with Crippen LogP contribution in [0.25, 0.3) is 34.1 Å². The summed E-state index contributed by atoms with van der Waals surface area (Å²) in [6, 6.07) is 41.4. The largest absolute Gasteiger partial charge is 0.282 e. The zero-order valence-corrected chi connectivity index (χ0v) is 30.8. The molecule has 3 heterocycles. The Kier molecular flexibility index (Phi) is 10.3. The van der Waals surface area contributed by atoms with Crippen molar-refractivity contribution in [1.29, 1.82) is 0 Å². The minimum Gasteiger partial charge on any atom is -0.282 e. The highest BCUT2D eigenvalue weighted by Crippen LogP contribution is 2.58. The van der Waals surface area contributed by atoms with Crippen LogP contribution in [0, 0.1) is 9.54 Å². The average molecular weight is 883 g/mol. The topological polar surface area (TPSA) is 19.7 Å². The zero-order chi connectivity index (χ0) is 29.1. The number of hydrogen-bond donors (Lipinski definition) is 0. The molecule has 0 saturated heterocycles. The molecule has 1 aliphatic heterocycles. The molecule has 2 aromatic heterocycles. The maximum Gasteiger partial charge on any atom is 0.190 e. The van der Waals surface area contributed by atoms with E-state index in [1.165, 1.54) is 0 Å². The fourth-order valence-electron chi connectivity index (χ4n) is 4.87. The Labute approximate surface area is 292 Å². The number of para-hydroxylation sites is 4. The molecule has 4 aromatic carbocycles. The van der Waals surface area contributed by atoms with Gasteiger partial charge in [-0.25, -0.2) is 0 Å². The maximum atomic E-state index is 6.28. The van der Waals surface area contributed by atoms with Gasteiger partial charge >= 0.3 is 0 Å². The van der Waals surface area contributed by atoms with Crippen molar-refractivity contribution in [2.75, 3.05) is 0 Å². The smallest absolute Gasteiger partial charge is 0.190 e. The molecule has 0 aliphatic carbocycles. The first-order chi connectivity index (χ1) is 20.7. The maximum absolute atomic E-state index is 6.28. The van der Waals surface area contributed by atoms with Gasteiger partial charge in [-0.3, -0.25) is 18.3 Å². The predicted molar refractivity (Wildman–Crippen MR) is 206 cm³/mol. The number of benzene rings is 4. The molecule has 0 bridgehead atoms. The highest BCUT2D eigenvalue weighted by Gasteiger charge is 2.32. The van der Waals surface area contributed by atoms with Crippen LogP contribution in [-0.4, -0.2) is 18.3 Å². The summed E-state index contributed by atoms with van der Waals surface area (Å²) in [5.41, 5.74) is 6.10. The van der Waals surface area contributed by atoms with Crippen molar-refractivity contribution >= 4 is 103 Å². The highest BCUT2D eigenvalue weighted by molar-refractivity contribution is 15.0. The molecule has 0 unspecified atom stereocenters. The quantitative estimate of drug-likeness (QED) is 0.0991. The molecule has 0 fully saturated rings.